The van der Waals surface area contributed by atoms with E-state index in [1.54, 1.807) is 6.07 Å². The van der Waals surface area contributed by atoms with Crippen LogP contribution in [0.5, 0.6) is 0 Å². The number of piperidine rings is 2. The fraction of sp³-hybridized carbons (Fsp3) is 0.364. The molecule has 2 atom stereocenters. The van der Waals surface area contributed by atoms with Gasteiger partial charge in [0.05, 0.1) is 10.7 Å². The summed E-state index contributed by atoms with van der Waals surface area (Å²) in [6.45, 7) is 0. The van der Waals surface area contributed by atoms with Gasteiger partial charge in [-0.05, 0) is 56.4 Å². The third-order valence-corrected chi connectivity index (χ3v) is 6.03. The van der Waals surface area contributed by atoms with Crippen LogP contribution in [0.1, 0.15) is 42.5 Å². The van der Waals surface area contributed by atoms with Crippen molar-refractivity contribution in [1.82, 2.24) is 10.2 Å². The number of hydrogen-bond acceptors (Lipinski definition) is 2. The Hall–Kier alpha value is -2.53. The van der Waals surface area contributed by atoms with E-state index in [1.807, 2.05) is 53.4 Å². The van der Waals surface area contributed by atoms with Gasteiger partial charge in [-0.2, -0.15) is 0 Å². The average Bonchev–Trinajstić information content (AvgIpc) is 2.69. The average molecular weight is 398 g/mol. The molecule has 2 aromatic carbocycles. The number of nitrogens with one attached hydrogen (secondary N) is 2. The highest BCUT2D eigenvalue weighted by atomic mass is 35.5. The summed E-state index contributed by atoms with van der Waals surface area (Å²) in [6.07, 6.45) is 4.61. The second-order valence-corrected chi connectivity index (χ2v) is 7.97. The Labute approximate surface area is 170 Å². The van der Waals surface area contributed by atoms with E-state index in [1.165, 1.54) is 0 Å². The summed E-state index contributed by atoms with van der Waals surface area (Å²) in [5, 5.41) is 6.65. The fourth-order valence-electron chi connectivity index (χ4n) is 4.43. The molecular weight excluding hydrogens is 374 g/mol. The molecule has 0 saturated carbocycles. The number of carbonyl (C=O) groups excluding carboxylic acids is 2. The number of para-hydroxylation sites is 1. The summed E-state index contributed by atoms with van der Waals surface area (Å²) in [6, 6.07) is 16.8. The monoisotopic (exact) mass is 397 g/mol. The standard InChI is InChI=1S/C22H24ClN3O2/c23-19-11-4-5-12-20(19)25-22(28)26-17-9-6-10-18(26)14-16(13-17)24-21(27)15-7-2-1-3-8-15/h1-5,7-8,11-12,16-18H,6,9-10,13-14H2,(H,24,27)(H,25,28)/t17-,18-/m1/s1. The molecule has 2 bridgehead atoms. The van der Waals surface area contributed by atoms with Gasteiger partial charge in [0.1, 0.15) is 0 Å². The Kier molecular flexibility index (Phi) is 5.53. The lowest BCUT2D eigenvalue weighted by molar-refractivity contribution is 0.0577. The number of anilines is 1. The molecule has 2 aliphatic heterocycles. The van der Waals surface area contributed by atoms with Crippen LogP contribution in [0, 0.1) is 0 Å². The van der Waals surface area contributed by atoms with E-state index in [0.717, 1.165) is 32.1 Å². The summed E-state index contributed by atoms with van der Waals surface area (Å²) >= 11 is 6.19. The number of carbonyl (C=O) groups is 2. The number of urea groups is 1. The first-order valence-electron chi connectivity index (χ1n) is 9.81. The molecule has 4 rings (SSSR count). The van der Waals surface area contributed by atoms with Gasteiger partial charge in [0, 0.05) is 23.7 Å². The first-order chi connectivity index (χ1) is 13.6. The van der Waals surface area contributed by atoms with Gasteiger partial charge >= 0.3 is 6.03 Å². The van der Waals surface area contributed by atoms with Crippen molar-refractivity contribution >= 4 is 29.2 Å². The molecule has 2 fully saturated rings. The molecule has 6 heteroatoms. The zero-order valence-corrected chi connectivity index (χ0v) is 16.4. The predicted molar refractivity (Wildman–Crippen MR) is 111 cm³/mol. The Bertz CT molecular complexity index is 844. The van der Waals surface area contributed by atoms with Crippen molar-refractivity contribution in [1.29, 1.82) is 0 Å². The SMILES string of the molecule is O=C(NC1C[C@H]2CCC[C@H](C1)N2C(=O)Nc1ccccc1Cl)c1ccccc1. The minimum atomic E-state index is -0.101. The normalized spacial score (nSPS) is 23.8. The van der Waals surface area contributed by atoms with Gasteiger partial charge in [0.15, 0.2) is 0 Å². The van der Waals surface area contributed by atoms with Crippen LogP contribution in [0.15, 0.2) is 54.6 Å². The summed E-state index contributed by atoms with van der Waals surface area (Å²) in [5.74, 6) is -0.0438. The lowest BCUT2D eigenvalue weighted by Gasteiger charge is -2.48. The highest BCUT2D eigenvalue weighted by Gasteiger charge is 2.41. The van der Waals surface area contributed by atoms with Crippen LogP contribution in [0.25, 0.3) is 0 Å². The van der Waals surface area contributed by atoms with E-state index in [9.17, 15) is 9.59 Å². The van der Waals surface area contributed by atoms with Gasteiger partial charge in [0.25, 0.3) is 5.91 Å². The fourth-order valence-corrected chi connectivity index (χ4v) is 4.61. The maximum Gasteiger partial charge on any atom is 0.322 e. The number of benzene rings is 2. The van der Waals surface area contributed by atoms with Crippen LogP contribution in [0.2, 0.25) is 5.02 Å². The third-order valence-electron chi connectivity index (χ3n) is 5.70. The number of nitrogens with zero attached hydrogens (tertiary/aromatic N) is 1. The van der Waals surface area contributed by atoms with E-state index < -0.39 is 0 Å². The van der Waals surface area contributed by atoms with E-state index in [2.05, 4.69) is 10.6 Å². The van der Waals surface area contributed by atoms with E-state index in [-0.39, 0.29) is 30.1 Å². The van der Waals surface area contributed by atoms with Gasteiger partial charge in [-0.15, -0.1) is 0 Å². The van der Waals surface area contributed by atoms with E-state index in [4.69, 9.17) is 11.6 Å². The van der Waals surface area contributed by atoms with E-state index >= 15 is 0 Å². The third kappa shape index (κ3) is 3.99. The summed E-state index contributed by atoms with van der Waals surface area (Å²) in [5.41, 5.74) is 1.30. The van der Waals surface area contributed by atoms with Crippen molar-refractivity contribution < 1.29 is 9.59 Å². The number of fused-ring (bicyclic) bond motifs is 2. The molecule has 0 radical (unpaired) electrons. The van der Waals surface area contributed by atoms with Gasteiger partial charge in [-0.25, -0.2) is 4.79 Å². The largest absolute Gasteiger partial charge is 0.349 e. The molecule has 28 heavy (non-hydrogen) atoms. The number of hydrogen-bond donors (Lipinski definition) is 2. The van der Waals surface area contributed by atoms with Crippen LogP contribution in [-0.4, -0.2) is 35.0 Å². The van der Waals surface area contributed by atoms with Crippen LogP contribution in [0.4, 0.5) is 10.5 Å². The molecule has 2 saturated heterocycles. The molecule has 5 nitrogen and oxygen atoms in total. The number of rotatable bonds is 3. The first-order valence-corrected chi connectivity index (χ1v) is 10.2. The topological polar surface area (TPSA) is 61.4 Å². The number of amides is 3. The van der Waals surface area contributed by atoms with Gasteiger partial charge in [0.2, 0.25) is 0 Å². The molecule has 2 aliphatic rings. The highest BCUT2D eigenvalue weighted by molar-refractivity contribution is 6.33. The molecule has 2 heterocycles. The Morgan fingerprint density at radius 1 is 0.929 bits per heavy atom. The van der Waals surface area contributed by atoms with Crippen molar-refractivity contribution in [3.8, 4) is 0 Å². The summed E-state index contributed by atoms with van der Waals surface area (Å²) < 4.78 is 0. The molecule has 2 N–H and O–H groups in total. The maximum atomic E-state index is 13.0. The molecule has 3 amide bonds. The highest BCUT2D eigenvalue weighted by Crippen LogP contribution is 2.35. The predicted octanol–water partition coefficient (Wildman–Crippen LogP) is 4.69. The van der Waals surface area contributed by atoms with Crippen molar-refractivity contribution in [2.75, 3.05) is 5.32 Å². The van der Waals surface area contributed by atoms with Crippen molar-refractivity contribution in [3.05, 3.63) is 65.2 Å². The van der Waals surface area contributed by atoms with Gasteiger partial charge < -0.3 is 15.5 Å². The lowest BCUT2D eigenvalue weighted by Crippen LogP contribution is -2.59. The summed E-state index contributed by atoms with van der Waals surface area (Å²) in [7, 11) is 0. The molecule has 146 valence electrons. The van der Waals surface area contributed by atoms with Crippen LogP contribution in [0.3, 0.4) is 0 Å². The van der Waals surface area contributed by atoms with Crippen LogP contribution >= 0.6 is 11.6 Å². The maximum absolute atomic E-state index is 13.0. The van der Waals surface area contributed by atoms with Gasteiger partial charge in [-0.3, -0.25) is 4.79 Å². The molecule has 0 aliphatic carbocycles. The Morgan fingerprint density at radius 3 is 2.25 bits per heavy atom. The minimum absolute atomic E-state index is 0.0438. The Morgan fingerprint density at radius 2 is 1.57 bits per heavy atom. The lowest BCUT2D eigenvalue weighted by atomic mass is 9.82. The minimum Gasteiger partial charge on any atom is -0.349 e. The van der Waals surface area contributed by atoms with Crippen molar-refractivity contribution in [3.63, 3.8) is 0 Å². The first kappa shape index (κ1) is 18.8. The zero-order valence-electron chi connectivity index (χ0n) is 15.6. The van der Waals surface area contributed by atoms with E-state index in [0.29, 0.717) is 16.3 Å². The number of halogens is 1. The second kappa shape index (κ2) is 8.23. The molecule has 2 aromatic rings. The zero-order chi connectivity index (χ0) is 19.5. The van der Waals surface area contributed by atoms with Gasteiger partial charge in [-0.1, -0.05) is 41.9 Å². The smallest absolute Gasteiger partial charge is 0.322 e. The molecule has 0 unspecified atom stereocenters. The molecule has 0 spiro atoms. The van der Waals surface area contributed by atoms with Crippen LogP contribution in [-0.2, 0) is 0 Å². The Balaban J connectivity index is 1.43. The summed E-state index contributed by atoms with van der Waals surface area (Å²) in [4.78, 5) is 27.4. The van der Waals surface area contributed by atoms with Crippen molar-refractivity contribution in [2.24, 2.45) is 0 Å². The quantitative estimate of drug-likeness (QED) is 0.789. The van der Waals surface area contributed by atoms with Crippen LogP contribution < -0.4 is 10.6 Å². The molecule has 0 aromatic heterocycles. The second-order valence-electron chi connectivity index (χ2n) is 7.56. The van der Waals surface area contributed by atoms with Crippen molar-refractivity contribution in [2.45, 2.75) is 50.2 Å². The molecular formula is C22H24ClN3O2.